The van der Waals surface area contributed by atoms with Gasteiger partial charge in [-0.3, -0.25) is 4.90 Å². The number of nitrogens with zero attached hydrogens (tertiary/aromatic N) is 1. The van der Waals surface area contributed by atoms with Crippen molar-refractivity contribution in [2.45, 2.75) is 18.9 Å². The Morgan fingerprint density at radius 3 is 2.43 bits per heavy atom. The van der Waals surface area contributed by atoms with Crippen LogP contribution >= 0.6 is 35.6 Å². The van der Waals surface area contributed by atoms with Gasteiger partial charge in [0.05, 0.1) is 5.02 Å². The Bertz CT molecular complexity index is 471. The lowest BCUT2D eigenvalue weighted by atomic mass is 10.00. The molecule has 21 heavy (non-hydrogen) atoms. The topological polar surface area (TPSA) is 35.5 Å². The molecule has 1 aliphatic heterocycles. The van der Waals surface area contributed by atoms with Crippen LogP contribution in [0, 0.1) is 0 Å². The molecule has 0 unspecified atom stereocenters. The van der Waals surface area contributed by atoms with E-state index in [9.17, 15) is 13.9 Å². The van der Waals surface area contributed by atoms with E-state index in [4.69, 9.17) is 23.2 Å². The minimum absolute atomic E-state index is 0. The lowest BCUT2D eigenvalue weighted by molar-refractivity contribution is 0.0730. The first-order valence-corrected chi connectivity index (χ1v) is 7.15. The molecule has 1 heterocycles. The molecule has 1 atom stereocenters. The van der Waals surface area contributed by atoms with Gasteiger partial charge in [0.2, 0.25) is 6.43 Å². The average molecular weight is 362 g/mol. The van der Waals surface area contributed by atoms with Crippen molar-refractivity contribution >= 4 is 35.6 Å². The Hall–Kier alpha value is -0.330. The molecule has 1 aliphatic rings. The summed E-state index contributed by atoms with van der Waals surface area (Å²) in [5.74, 6) is -0.166. The zero-order valence-electron chi connectivity index (χ0n) is 11.2. The van der Waals surface area contributed by atoms with E-state index in [1.807, 2.05) is 4.90 Å². The predicted octanol–water partition coefficient (Wildman–Crippen LogP) is 3.72. The number of nitrogens with one attached hydrogen (secondary N) is 1. The highest BCUT2D eigenvalue weighted by atomic mass is 35.5. The predicted molar refractivity (Wildman–Crippen MR) is 83.2 cm³/mol. The summed E-state index contributed by atoms with van der Waals surface area (Å²) in [7, 11) is 0. The highest BCUT2D eigenvalue weighted by Gasteiger charge is 2.28. The fraction of sp³-hybridized carbons (Fsp3) is 0.538. The van der Waals surface area contributed by atoms with Gasteiger partial charge in [-0.2, -0.15) is 0 Å². The number of alkyl halides is 2. The van der Waals surface area contributed by atoms with E-state index in [1.165, 1.54) is 12.1 Å². The van der Waals surface area contributed by atoms with Gasteiger partial charge in [0, 0.05) is 49.2 Å². The second-order valence-corrected chi connectivity index (χ2v) is 5.60. The smallest absolute Gasteiger partial charge is 0.240 e. The summed E-state index contributed by atoms with van der Waals surface area (Å²) < 4.78 is 25.7. The van der Waals surface area contributed by atoms with Gasteiger partial charge >= 0.3 is 0 Å². The molecule has 2 rings (SSSR count). The number of hydrogen-bond donors (Lipinski definition) is 2. The van der Waals surface area contributed by atoms with E-state index < -0.39 is 12.5 Å². The maximum absolute atomic E-state index is 12.9. The molecule has 3 nitrogen and oxygen atoms in total. The first-order valence-electron chi connectivity index (χ1n) is 6.40. The van der Waals surface area contributed by atoms with Crippen LogP contribution in [0.5, 0.6) is 5.75 Å². The highest BCUT2D eigenvalue weighted by molar-refractivity contribution is 6.35. The van der Waals surface area contributed by atoms with Crippen molar-refractivity contribution in [1.82, 2.24) is 10.2 Å². The van der Waals surface area contributed by atoms with Gasteiger partial charge < -0.3 is 10.4 Å². The van der Waals surface area contributed by atoms with Gasteiger partial charge in [0.15, 0.2) is 0 Å². The molecule has 1 fully saturated rings. The van der Waals surface area contributed by atoms with Crippen molar-refractivity contribution in [3.63, 3.8) is 0 Å². The minimum Gasteiger partial charge on any atom is -0.506 e. The molecule has 1 aromatic rings. The molecule has 0 aliphatic carbocycles. The van der Waals surface area contributed by atoms with Crippen molar-refractivity contribution in [2.75, 3.05) is 26.2 Å². The fourth-order valence-electron chi connectivity index (χ4n) is 2.48. The van der Waals surface area contributed by atoms with Crippen LogP contribution in [0.2, 0.25) is 10.0 Å². The van der Waals surface area contributed by atoms with Gasteiger partial charge in [-0.25, -0.2) is 8.78 Å². The van der Waals surface area contributed by atoms with Gasteiger partial charge in [-0.05, 0) is 12.1 Å². The van der Waals surface area contributed by atoms with Crippen LogP contribution in [0.25, 0.3) is 0 Å². The summed E-state index contributed by atoms with van der Waals surface area (Å²) in [6.07, 6.45) is -2.82. The summed E-state index contributed by atoms with van der Waals surface area (Å²) in [5.41, 5.74) is 0.365. The largest absolute Gasteiger partial charge is 0.506 e. The quantitative estimate of drug-likeness (QED) is 0.858. The third kappa shape index (κ3) is 4.83. The molecule has 2 N–H and O–H groups in total. The molecule has 0 aromatic heterocycles. The summed E-state index contributed by atoms with van der Waals surface area (Å²) in [5, 5.41) is 13.6. The number of halogens is 5. The molecule has 120 valence electrons. The summed E-state index contributed by atoms with van der Waals surface area (Å²) >= 11 is 11.8. The van der Waals surface area contributed by atoms with E-state index in [0.717, 1.165) is 13.1 Å². The molecule has 0 spiro atoms. The number of hydrogen-bond acceptors (Lipinski definition) is 3. The monoisotopic (exact) mass is 360 g/mol. The number of aromatic hydroxyl groups is 1. The summed E-state index contributed by atoms with van der Waals surface area (Å²) in [6.45, 7) is 2.74. The Kier molecular flexibility index (Phi) is 7.44. The SMILES string of the molecule is Cl.Oc1c(Cl)cc(Cl)cc1[C@@H](CC(F)F)N1CCNCC1. The van der Waals surface area contributed by atoms with Gasteiger partial charge in [-0.1, -0.05) is 23.2 Å². The Morgan fingerprint density at radius 1 is 1.24 bits per heavy atom. The van der Waals surface area contributed by atoms with Crippen LogP contribution in [0.15, 0.2) is 12.1 Å². The first-order chi connectivity index (χ1) is 9.49. The fourth-order valence-corrected chi connectivity index (χ4v) is 2.98. The lowest BCUT2D eigenvalue weighted by Crippen LogP contribution is -2.45. The molecule has 0 radical (unpaired) electrons. The zero-order valence-corrected chi connectivity index (χ0v) is 13.5. The lowest BCUT2D eigenvalue weighted by Gasteiger charge is -2.35. The number of rotatable bonds is 4. The second kappa shape index (κ2) is 8.34. The Balaban J connectivity index is 0.00000220. The number of phenolic OH excluding ortho intramolecular Hbond substituents is 1. The number of piperazine rings is 1. The van der Waals surface area contributed by atoms with Crippen LogP contribution in [0.1, 0.15) is 18.0 Å². The average Bonchev–Trinajstić information content (AvgIpc) is 2.41. The zero-order chi connectivity index (χ0) is 14.7. The van der Waals surface area contributed by atoms with Crippen molar-refractivity contribution in [3.05, 3.63) is 27.7 Å². The Morgan fingerprint density at radius 2 is 1.86 bits per heavy atom. The third-order valence-electron chi connectivity index (χ3n) is 3.41. The molecule has 8 heteroatoms. The molecule has 0 bridgehead atoms. The van der Waals surface area contributed by atoms with E-state index in [1.54, 1.807) is 0 Å². The van der Waals surface area contributed by atoms with Crippen molar-refractivity contribution < 1.29 is 13.9 Å². The second-order valence-electron chi connectivity index (χ2n) is 4.75. The molecule has 0 amide bonds. The number of phenols is 1. The third-order valence-corrected chi connectivity index (χ3v) is 3.92. The van der Waals surface area contributed by atoms with Crippen molar-refractivity contribution in [1.29, 1.82) is 0 Å². The summed E-state index contributed by atoms with van der Waals surface area (Å²) in [6, 6.07) is 2.32. The van der Waals surface area contributed by atoms with Crippen molar-refractivity contribution in [2.24, 2.45) is 0 Å². The molecule has 0 saturated carbocycles. The standard InChI is InChI=1S/C13H16Cl2F2N2O.ClH/c14-8-5-9(13(20)10(15)6-8)11(7-12(16)17)19-3-1-18-2-4-19;/h5-6,11-12,18,20H,1-4,7H2;1H/t11-;/m1./s1. The normalized spacial score (nSPS) is 17.6. The summed E-state index contributed by atoms with van der Waals surface area (Å²) in [4.78, 5) is 1.92. The molecule has 1 saturated heterocycles. The van der Waals surface area contributed by atoms with E-state index in [-0.39, 0.29) is 29.6 Å². The minimum atomic E-state index is -2.47. The molecular weight excluding hydrogens is 345 g/mol. The van der Waals surface area contributed by atoms with Gasteiger partial charge in [0.1, 0.15) is 5.75 Å². The maximum atomic E-state index is 12.9. The van der Waals surface area contributed by atoms with Crippen LogP contribution in [-0.2, 0) is 0 Å². The van der Waals surface area contributed by atoms with E-state index >= 15 is 0 Å². The Labute approximate surface area is 138 Å². The first kappa shape index (κ1) is 18.7. The highest BCUT2D eigenvalue weighted by Crippen LogP contribution is 2.39. The van der Waals surface area contributed by atoms with E-state index in [0.29, 0.717) is 23.7 Å². The maximum Gasteiger partial charge on any atom is 0.240 e. The molecular formula is C13H17Cl3F2N2O. The van der Waals surface area contributed by atoms with Crippen LogP contribution in [-0.4, -0.2) is 42.6 Å². The van der Waals surface area contributed by atoms with Crippen molar-refractivity contribution in [3.8, 4) is 5.75 Å². The van der Waals surface area contributed by atoms with E-state index in [2.05, 4.69) is 5.32 Å². The van der Waals surface area contributed by atoms with Gasteiger partial charge in [-0.15, -0.1) is 12.4 Å². The molecule has 1 aromatic carbocycles. The van der Waals surface area contributed by atoms with Crippen LogP contribution in [0.4, 0.5) is 8.78 Å². The van der Waals surface area contributed by atoms with Gasteiger partial charge in [0.25, 0.3) is 0 Å². The number of benzene rings is 1. The van der Waals surface area contributed by atoms with Crippen LogP contribution in [0.3, 0.4) is 0 Å². The van der Waals surface area contributed by atoms with Crippen LogP contribution < -0.4 is 5.32 Å².